The topological polar surface area (TPSA) is 61.2 Å². The molecule has 0 spiro atoms. The number of aryl methyl sites for hydroxylation is 2. The van der Waals surface area contributed by atoms with Crippen LogP contribution in [-0.2, 0) is 28.9 Å². The van der Waals surface area contributed by atoms with Crippen LogP contribution in [0.5, 0.6) is 0 Å². The van der Waals surface area contributed by atoms with E-state index >= 15 is 0 Å². The summed E-state index contributed by atoms with van der Waals surface area (Å²) in [5.74, 6) is -0.0563. The van der Waals surface area contributed by atoms with E-state index in [1.807, 2.05) is 0 Å². The van der Waals surface area contributed by atoms with Crippen molar-refractivity contribution in [1.82, 2.24) is 9.55 Å². The van der Waals surface area contributed by atoms with Gasteiger partial charge in [0.25, 0.3) is 5.56 Å². The van der Waals surface area contributed by atoms with Crippen molar-refractivity contribution in [3.63, 3.8) is 0 Å². The van der Waals surface area contributed by atoms with Crippen LogP contribution in [0.3, 0.4) is 0 Å². The molecule has 1 atom stereocenters. The van der Waals surface area contributed by atoms with Crippen molar-refractivity contribution >= 4 is 27.5 Å². The van der Waals surface area contributed by atoms with Gasteiger partial charge in [-0.3, -0.25) is 14.2 Å². The zero-order valence-corrected chi connectivity index (χ0v) is 14.1. The van der Waals surface area contributed by atoms with Crippen LogP contribution in [0.4, 0.5) is 0 Å². The Labute approximate surface area is 138 Å². The van der Waals surface area contributed by atoms with E-state index in [1.165, 1.54) is 16.9 Å². The van der Waals surface area contributed by atoms with Crippen molar-refractivity contribution in [3.05, 3.63) is 26.6 Å². The number of esters is 1. The minimum absolute atomic E-state index is 0.0402. The molecule has 0 saturated carbocycles. The molecule has 0 fully saturated rings. The lowest BCUT2D eigenvalue weighted by atomic mass is 9.96. The Bertz CT molecular complexity index is 836. The maximum absolute atomic E-state index is 13.0. The second-order valence-corrected chi connectivity index (χ2v) is 7.35. The molecular formula is C17H20N2O3S. The fourth-order valence-electron chi connectivity index (χ4n) is 3.79. The highest BCUT2D eigenvalue weighted by Crippen LogP contribution is 2.35. The molecule has 0 amide bonds. The minimum atomic E-state index is -0.403. The summed E-state index contributed by atoms with van der Waals surface area (Å²) < 4.78 is 6.90. The van der Waals surface area contributed by atoms with Gasteiger partial charge in [-0.05, 0) is 51.0 Å². The molecule has 6 heteroatoms. The van der Waals surface area contributed by atoms with E-state index in [4.69, 9.17) is 9.72 Å². The van der Waals surface area contributed by atoms with E-state index in [2.05, 4.69) is 0 Å². The van der Waals surface area contributed by atoms with Gasteiger partial charge in [-0.2, -0.15) is 0 Å². The van der Waals surface area contributed by atoms with Crippen LogP contribution in [0.25, 0.3) is 10.2 Å². The van der Waals surface area contributed by atoms with Gasteiger partial charge in [0.1, 0.15) is 16.6 Å². The Balaban J connectivity index is 1.91. The molecule has 0 N–H and O–H groups in total. The summed E-state index contributed by atoms with van der Waals surface area (Å²) in [4.78, 5) is 32.1. The van der Waals surface area contributed by atoms with E-state index < -0.39 is 5.92 Å². The lowest BCUT2D eigenvalue weighted by Crippen LogP contribution is -2.33. The number of carbonyl (C=O) groups excluding carboxylic acids is 1. The number of nitrogens with zero attached hydrogens (tertiary/aromatic N) is 2. The van der Waals surface area contributed by atoms with Gasteiger partial charge in [0.15, 0.2) is 0 Å². The van der Waals surface area contributed by atoms with Crippen molar-refractivity contribution in [1.29, 1.82) is 0 Å². The number of rotatable bonds is 2. The Hall–Kier alpha value is -1.69. The van der Waals surface area contributed by atoms with E-state index in [0.29, 0.717) is 25.4 Å². The van der Waals surface area contributed by atoms with E-state index in [1.54, 1.807) is 22.8 Å². The van der Waals surface area contributed by atoms with Crippen LogP contribution in [0.15, 0.2) is 4.79 Å². The zero-order chi connectivity index (χ0) is 16.0. The van der Waals surface area contributed by atoms with E-state index in [0.717, 1.165) is 35.9 Å². The molecule has 5 nitrogen and oxygen atoms in total. The minimum Gasteiger partial charge on any atom is -0.465 e. The first-order valence-corrected chi connectivity index (χ1v) is 9.24. The maximum Gasteiger partial charge on any atom is 0.316 e. The van der Waals surface area contributed by atoms with Gasteiger partial charge in [0.05, 0.1) is 12.0 Å². The van der Waals surface area contributed by atoms with Gasteiger partial charge in [-0.1, -0.05) is 0 Å². The molecule has 2 aromatic rings. The average molecular weight is 332 g/mol. The van der Waals surface area contributed by atoms with Gasteiger partial charge in [-0.15, -0.1) is 11.3 Å². The van der Waals surface area contributed by atoms with Gasteiger partial charge < -0.3 is 4.74 Å². The third kappa shape index (κ3) is 2.31. The highest BCUT2D eigenvalue weighted by molar-refractivity contribution is 7.18. The Kier molecular flexibility index (Phi) is 3.71. The third-order valence-corrected chi connectivity index (χ3v) is 6.05. The van der Waals surface area contributed by atoms with E-state index in [-0.39, 0.29) is 11.5 Å². The van der Waals surface area contributed by atoms with E-state index in [9.17, 15) is 9.59 Å². The first-order valence-electron chi connectivity index (χ1n) is 8.42. The number of aromatic nitrogens is 2. The first-order chi connectivity index (χ1) is 11.2. The monoisotopic (exact) mass is 332 g/mol. The molecule has 3 heterocycles. The van der Waals surface area contributed by atoms with Gasteiger partial charge in [0.2, 0.25) is 0 Å². The van der Waals surface area contributed by atoms with Crippen molar-refractivity contribution in [2.45, 2.75) is 57.9 Å². The van der Waals surface area contributed by atoms with Crippen molar-refractivity contribution in [2.24, 2.45) is 0 Å². The molecule has 0 radical (unpaired) electrons. The predicted molar refractivity (Wildman–Crippen MR) is 89.1 cm³/mol. The SMILES string of the molecule is CCOC(=O)[C@H]1CCCn2c1nc1sc3c(c1c2=O)CCCC3. The lowest BCUT2D eigenvalue weighted by molar-refractivity contribution is -0.145. The summed E-state index contributed by atoms with van der Waals surface area (Å²) in [7, 11) is 0. The summed E-state index contributed by atoms with van der Waals surface area (Å²) in [5, 5.41) is 0.804. The van der Waals surface area contributed by atoms with Crippen LogP contribution in [0.2, 0.25) is 0 Å². The summed E-state index contributed by atoms with van der Waals surface area (Å²) in [6.07, 6.45) is 5.88. The van der Waals surface area contributed by atoms with Gasteiger partial charge in [-0.25, -0.2) is 4.98 Å². The Morgan fingerprint density at radius 1 is 1.35 bits per heavy atom. The second-order valence-electron chi connectivity index (χ2n) is 6.26. The number of hydrogen-bond donors (Lipinski definition) is 0. The molecule has 0 bridgehead atoms. The molecule has 122 valence electrons. The highest BCUT2D eigenvalue weighted by Gasteiger charge is 2.32. The van der Waals surface area contributed by atoms with Crippen LogP contribution in [0.1, 0.15) is 54.8 Å². The zero-order valence-electron chi connectivity index (χ0n) is 13.3. The van der Waals surface area contributed by atoms with Crippen molar-refractivity contribution in [2.75, 3.05) is 6.61 Å². The number of hydrogen-bond acceptors (Lipinski definition) is 5. The summed E-state index contributed by atoms with van der Waals surface area (Å²) in [6.45, 7) is 2.81. The lowest BCUT2D eigenvalue weighted by Gasteiger charge is -2.24. The molecular weight excluding hydrogens is 312 g/mol. The largest absolute Gasteiger partial charge is 0.465 e. The summed E-state index contributed by atoms with van der Waals surface area (Å²) in [5.41, 5.74) is 1.25. The third-order valence-electron chi connectivity index (χ3n) is 4.86. The molecule has 4 rings (SSSR count). The summed E-state index contributed by atoms with van der Waals surface area (Å²) in [6, 6.07) is 0. The maximum atomic E-state index is 13.0. The quantitative estimate of drug-likeness (QED) is 0.794. The molecule has 0 aromatic carbocycles. The molecule has 0 saturated heterocycles. The smallest absolute Gasteiger partial charge is 0.316 e. The van der Waals surface area contributed by atoms with Crippen LogP contribution in [-0.4, -0.2) is 22.1 Å². The van der Waals surface area contributed by atoms with Gasteiger partial charge in [0, 0.05) is 11.4 Å². The van der Waals surface area contributed by atoms with Crippen LogP contribution >= 0.6 is 11.3 Å². The molecule has 1 aliphatic carbocycles. The van der Waals surface area contributed by atoms with Gasteiger partial charge >= 0.3 is 5.97 Å². The number of thiophene rings is 1. The second kappa shape index (κ2) is 5.74. The first kappa shape index (κ1) is 14.9. The Morgan fingerprint density at radius 3 is 3.00 bits per heavy atom. The summed E-state index contributed by atoms with van der Waals surface area (Å²) >= 11 is 1.64. The predicted octanol–water partition coefficient (Wildman–Crippen LogP) is 2.78. The van der Waals surface area contributed by atoms with Crippen molar-refractivity contribution in [3.8, 4) is 0 Å². The molecule has 2 aliphatic rings. The molecule has 0 unspecified atom stereocenters. The number of carbonyl (C=O) groups is 1. The molecule has 1 aliphatic heterocycles. The fourth-order valence-corrected chi connectivity index (χ4v) is 5.04. The van der Waals surface area contributed by atoms with Crippen molar-refractivity contribution < 1.29 is 9.53 Å². The van der Waals surface area contributed by atoms with Crippen LogP contribution < -0.4 is 5.56 Å². The fraction of sp³-hybridized carbons (Fsp3) is 0.588. The average Bonchev–Trinajstić information content (AvgIpc) is 2.93. The molecule has 23 heavy (non-hydrogen) atoms. The number of ether oxygens (including phenoxy) is 1. The normalized spacial score (nSPS) is 20.1. The Morgan fingerprint density at radius 2 is 2.17 bits per heavy atom. The van der Waals surface area contributed by atoms with Crippen LogP contribution in [0, 0.1) is 0 Å². The molecule has 2 aromatic heterocycles. The highest BCUT2D eigenvalue weighted by atomic mass is 32.1. The number of fused-ring (bicyclic) bond motifs is 4. The standard InChI is InChI=1S/C17H20N2O3S/c1-2-22-17(21)11-7-5-9-19-14(11)18-15-13(16(19)20)10-6-3-4-8-12(10)23-15/h11H,2-9H2,1H3/t11-/m0/s1.